The Bertz CT molecular complexity index is 307. The Labute approximate surface area is 96.9 Å². The van der Waals surface area contributed by atoms with Crippen LogP contribution in [0.2, 0.25) is 0 Å². The van der Waals surface area contributed by atoms with Gasteiger partial charge >= 0.3 is 0 Å². The average Bonchev–Trinajstić information content (AvgIpc) is 2.39. The van der Waals surface area contributed by atoms with E-state index >= 15 is 0 Å². The van der Waals surface area contributed by atoms with Crippen molar-refractivity contribution in [2.24, 2.45) is 11.8 Å². The summed E-state index contributed by atoms with van der Waals surface area (Å²) in [5.74, 6) is 1.26. The summed E-state index contributed by atoms with van der Waals surface area (Å²) in [6.45, 7) is 2.26. The van der Waals surface area contributed by atoms with Crippen LogP contribution in [0.4, 0.5) is 0 Å². The molecule has 1 saturated carbocycles. The van der Waals surface area contributed by atoms with Gasteiger partial charge in [-0.3, -0.25) is 0 Å². The predicted molar refractivity (Wildman–Crippen MR) is 62.7 cm³/mol. The van der Waals surface area contributed by atoms with Crippen LogP contribution < -0.4 is 0 Å². The molecule has 3 heteroatoms. The lowest BCUT2D eigenvalue weighted by atomic mass is 9.78. The summed E-state index contributed by atoms with van der Waals surface area (Å²) in [6, 6.07) is 1.82. The van der Waals surface area contributed by atoms with Crippen molar-refractivity contribution in [1.82, 2.24) is 9.97 Å². The second kappa shape index (κ2) is 5.39. The molecule has 0 aromatic carbocycles. The number of aliphatic hydroxyl groups excluding tert-OH is 1. The molecule has 0 bridgehead atoms. The number of aromatic nitrogens is 2. The summed E-state index contributed by atoms with van der Waals surface area (Å²) in [6.07, 6.45) is 8.84. The quantitative estimate of drug-likeness (QED) is 0.852. The topological polar surface area (TPSA) is 46.0 Å². The third-order valence-corrected chi connectivity index (χ3v) is 3.82. The summed E-state index contributed by atoms with van der Waals surface area (Å²) in [5, 5.41) is 10.2. The van der Waals surface area contributed by atoms with E-state index in [0.29, 0.717) is 5.92 Å². The molecule has 0 radical (unpaired) electrons. The lowest BCUT2D eigenvalue weighted by Crippen LogP contribution is -2.20. The van der Waals surface area contributed by atoms with Crippen molar-refractivity contribution in [2.75, 3.05) is 0 Å². The highest BCUT2D eigenvalue weighted by Gasteiger charge is 2.27. The molecule has 88 valence electrons. The minimum absolute atomic E-state index is 0.387. The first-order chi connectivity index (χ1) is 7.81. The number of nitrogens with zero attached hydrogens (tertiary/aromatic N) is 2. The summed E-state index contributed by atoms with van der Waals surface area (Å²) in [4.78, 5) is 8.01. The molecule has 1 aliphatic carbocycles. The van der Waals surface area contributed by atoms with E-state index in [1.807, 2.05) is 6.07 Å². The summed E-state index contributed by atoms with van der Waals surface area (Å²) < 4.78 is 0. The van der Waals surface area contributed by atoms with Crippen LogP contribution in [-0.2, 0) is 0 Å². The van der Waals surface area contributed by atoms with Crippen molar-refractivity contribution < 1.29 is 5.11 Å². The SMILES string of the molecule is CCC1CCC(C(O)c2ccncn2)CC1. The van der Waals surface area contributed by atoms with Crippen LogP contribution in [0.3, 0.4) is 0 Å². The van der Waals surface area contributed by atoms with Gasteiger partial charge in [-0.2, -0.15) is 0 Å². The largest absolute Gasteiger partial charge is 0.387 e. The molecule has 1 aliphatic rings. The molecule has 0 aliphatic heterocycles. The molecular weight excluding hydrogens is 200 g/mol. The van der Waals surface area contributed by atoms with Gasteiger partial charge in [-0.05, 0) is 30.7 Å². The maximum atomic E-state index is 10.2. The van der Waals surface area contributed by atoms with Crippen molar-refractivity contribution >= 4 is 0 Å². The van der Waals surface area contributed by atoms with Crippen molar-refractivity contribution in [1.29, 1.82) is 0 Å². The Morgan fingerprint density at radius 2 is 2.12 bits per heavy atom. The van der Waals surface area contributed by atoms with Crippen LogP contribution in [-0.4, -0.2) is 15.1 Å². The van der Waals surface area contributed by atoms with E-state index in [1.54, 1.807) is 6.20 Å². The van der Waals surface area contributed by atoms with Crippen LogP contribution in [0.15, 0.2) is 18.6 Å². The molecule has 0 amide bonds. The average molecular weight is 220 g/mol. The summed E-state index contributed by atoms with van der Waals surface area (Å²) >= 11 is 0. The van der Waals surface area contributed by atoms with Gasteiger partial charge in [0.05, 0.1) is 11.8 Å². The van der Waals surface area contributed by atoms with Gasteiger partial charge in [0, 0.05) is 6.20 Å². The Morgan fingerprint density at radius 3 is 2.69 bits per heavy atom. The van der Waals surface area contributed by atoms with Crippen molar-refractivity contribution in [2.45, 2.75) is 45.1 Å². The second-order valence-electron chi connectivity index (χ2n) is 4.77. The highest BCUT2D eigenvalue weighted by Crippen LogP contribution is 2.37. The van der Waals surface area contributed by atoms with E-state index in [2.05, 4.69) is 16.9 Å². The monoisotopic (exact) mass is 220 g/mol. The Kier molecular flexibility index (Phi) is 3.88. The van der Waals surface area contributed by atoms with E-state index in [9.17, 15) is 5.11 Å². The molecule has 1 aromatic heterocycles. The first-order valence-corrected chi connectivity index (χ1v) is 6.25. The van der Waals surface area contributed by atoms with E-state index in [-0.39, 0.29) is 0 Å². The normalized spacial score (nSPS) is 27.6. The minimum Gasteiger partial charge on any atom is -0.387 e. The zero-order valence-corrected chi connectivity index (χ0v) is 9.84. The van der Waals surface area contributed by atoms with Crippen LogP contribution in [0.5, 0.6) is 0 Å². The van der Waals surface area contributed by atoms with Gasteiger partial charge in [0.25, 0.3) is 0 Å². The van der Waals surface area contributed by atoms with Crippen molar-refractivity contribution in [3.63, 3.8) is 0 Å². The summed E-state index contributed by atoms with van der Waals surface area (Å²) in [5.41, 5.74) is 0.773. The Hall–Kier alpha value is -0.960. The lowest BCUT2D eigenvalue weighted by Gasteiger charge is -2.30. The van der Waals surface area contributed by atoms with Gasteiger partial charge in [0.1, 0.15) is 6.33 Å². The third-order valence-electron chi connectivity index (χ3n) is 3.82. The van der Waals surface area contributed by atoms with Gasteiger partial charge < -0.3 is 5.11 Å². The molecule has 0 saturated heterocycles. The zero-order chi connectivity index (χ0) is 11.4. The lowest BCUT2D eigenvalue weighted by molar-refractivity contribution is 0.0695. The van der Waals surface area contributed by atoms with Gasteiger partial charge in [0.2, 0.25) is 0 Å². The molecule has 1 aromatic rings. The standard InChI is InChI=1S/C13H20N2O/c1-2-10-3-5-11(6-4-10)13(16)12-7-8-14-9-15-12/h7-11,13,16H,2-6H2,1H3. The molecule has 2 rings (SSSR count). The smallest absolute Gasteiger partial charge is 0.115 e. The predicted octanol–water partition coefficient (Wildman–Crippen LogP) is 2.73. The molecule has 1 unspecified atom stereocenters. The number of hydrogen-bond donors (Lipinski definition) is 1. The van der Waals surface area contributed by atoms with E-state index in [4.69, 9.17) is 0 Å². The molecule has 1 atom stereocenters. The Morgan fingerprint density at radius 1 is 1.38 bits per heavy atom. The molecule has 0 spiro atoms. The van der Waals surface area contributed by atoms with Crippen LogP contribution in [0.1, 0.15) is 50.8 Å². The van der Waals surface area contributed by atoms with Crippen LogP contribution >= 0.6 is 0 Å². The third kappa shape index (κ3) is 2.59. The van der Waals surface area contributed by atoms with Crippen molar-refractivity contribution in [3.8, 4) is 0 Å². The van der Waals surface area contributed by atoms with E-state index < -0.39 is 6.10 Å². The Balaban J connectivity index is 1.94. The van der Waals surface area contributed by atoms with Gasteiger partial charge in [-0.15, -0.1) is 0 Å². The summed E-state index contributed by atoms with van der Waals surface area (Å²) in [7, 11) is 0. The number of rotatable bonds is 3. The highest BCUT2D eigenvalue weighted by molar-refractivity contribution is 5.03. The number of aliphatic hydroxyl groups is 1. The molecule has 1 fully saturated rings. The maximum absolute atomic E-state index is 10.2. The zero-order valence-electron chi connectivity index (χ0n) is 9.84. The van der Waals surface area contributed by atoms with Crippen LogP contribution in [0, 0.1) is 11.8 Å². The van der Waals surface area contributed by atoms with E-state index in [0.717, 1.165) is 24.5 Å². The minimum atomic E-state index is -0.402. The molecule has 3 nitrogen and oxygen atoms in total. The number of hydrogen-bond acceptors (Lipinski definition) is 3. The van der Waals surface area contributed by atoms with Gasteiger partial charge in [-0.25, -0.2) is 9.97 Å². The van der Waals surface area contributed by atoms with E-state index in [1.165, 1.54) is 25.6 Å². The van der Waals surface area contributed by atoms with Gasteiger partial charge in [-0.1, -0.05) is 26.2 Å². The van der Waals surface area contributed by atoms with Crippen LogP contribution in [0.25, 0.3) is 0 Å². The maximum Gasteiger partial charge on any atom is 0.115 e. The fourth-order valence-electron chi connectivity index (χ4n) is 2.63. The fraction of sp³-hybridized carbons (Fsp3) is 0.692. The molecule has 16 heavy (non-hydrogen) atoms. The molecule has 1 heterocycles. The molecular formula is C13H20N2O. The second-order valence-corrected chi connectivity index (χ2v) is 4.77. The fourth-order valence-corrected chi connectivity index (χ4v) is 2.63. The first-order valence-electron chi connectivity index (χ1n) is 6.25. The van der Waals surface area contributed by atoms with Gasteiger partial charge in [0.15, 0.2) is 0 Å². The highest BCUT2D eigenvalue weighted by atomic mass is 16.3. The first kappa shape index (κ1) is 11.5. The van der Waals surface area contributed by atoms with Crippen molar-refractivity contribution in [3.05, 3.63) is 24.3 Å². The molecule has 1 N–H and O–H groups in total.